The van der Waals surface area contributed by atoms with E-state index in [9.17, 15) is 28.6 Å². The fourth-order valence-corrected chi connectivity index (χ4v) is 8.03. The molecule has 0 radical (unpaired) electrons. The number of aliphatic carboxylic acids is 2. The molecule has 6 rings (SSSR count). The van der Waals surface area contributed by atoms with E-state index in [-0.39, 0.29) is 31.1 Å². The van der Waals surface area contributed by atoms with Gasteiger partial charge in [0.1, 0.15) is 36.8 Å². The number of hydrogen-bond acceptors (Lipinski definition) is 6. The van der Waals surface area contributed by atoms with Gasteiger partial charge in [-0.15, -0.1) is 0 Å². The van der Waals surface area contributed by atoms with Crippen molar-refractivity contribution >= 4 is 35.1 Å². The van der Waals surface area contributed by atoms with Crippen LogP contribution in [-0.4, -0.2) is 57.1 Å². The van der Waals surface area contributed by atoms with E-state index in [1.54, 1.807) is 12.1 Å². The van der Waals surface area contributed by atoms with Crippen LogP contribution in [-0.2, 0) is 35.9 Å². The zero-order chi connectivity index (χ0) is 38.4. The molecule has 4 aromatic rings. The summed E-state index contributed by atoms with van der Waals surface area (Å²) < 4.78 is 40.6. The van der Waals surface area contributed by atoms with E-state index in [1.165, 1.54) is 12.1 Å². The first-order valence-electron chi connectivity index (χ1n) is 18.2. The first kappa shape index (κ1) is 39.5. The van der Waals surface area contributed by atoms with Crippen molar-refractivity contribution in [3.8, 4) is 22.6 Å². The van der Waals surface area contributed by atoms with E-state index in [2.05, 4.69) is 0 Å². The number of aryl methyl sites for hydroxylation is 1. The predicted molar refractivity (Wildman–Crippen MR) is 205 cm³/mol. The quantitative estimate of drug-likeness (QED) is 0.131. The number of carboxylic acid groups (broad SMARTS) is 2. The van der Waals surface area contributed by atoms with E-state index < -0.39 is 30.4 Å². The molecular weight excluding hydrogens is 737 g/mol. The van der Waals surface area contributed by atoms with Gasteiger partial charge in [0.25, 0.3) is 6.43 Å². The Bertz CT molecular complexity index is 1980. The smallest absolute Gasteiger partial charge is 0.320 e. The van der Waals surface area contributed by atoms with Crippen molar-refractivity contribution in [1.29, 1.82) is 0 Å². The fourth-order valence-electron chi connectivity index (χ4n) is 7.47. The van der Waals surface area contributed by atoms with Crippen molar-refractivity contribution < 1.29 is 38.1 Å². The summed E-state index contributed by atoms with van der Waals surface area (Å²) in [7, 11) is 0. The molecule has 54 heavy (non-hydrogen) atoms. The van der Waals surface area contributed by atoms with Crippen LogP contribution in [0.5, 0.6) is 11.5 Å². The van der Waals surface area contributed by atoms with Crippen molar-refractivity contribution in [2.24, 2.45) is 0 Å². The summed E-state index contributed by atoms with van der Waals surface area (Å²) in [6, 6.07) is 20.4. The maximum atomic E-state index is 14.2. The number of alkyl halides is 2. The number of nitrogens with zero attached hydrogens (tertiary/aromatic N) is 2. The van der Waals surface area contributed by atoms with Gasteiger partial charge < -0.3 is 19.7 Å². The number of rotatable bonds is 14. The Labute approximate surface area is 324 Å². The Hall–Kier alpha value is -4.22. The molecule has 2 aliphatic heterocycles. The van der Waals surface area contributed by atoms with Crippen molar-refractivity contribution in [2.75, 3.05) is 13.1 Å². The molecule has 2 heterocycles. The summed E-state index contributed by atoms with van der Waals surface area (Å²) in [5.41, 5.74) is 4.95. The monoisotopic (exact) mass is 780 g/mol. The van der Waals surface area contributed by atoms with Gasteiger partial charge in [0.15, 0.2) is 0 Å². The molecule has 0 saturated carbocycles. The molecule has 12 heteroatoms. The second-order valence-electron chi connectivity index (χ2n) is 14.0. The van der Waals surface area contributed by atoms with E-state index in [0.29, 0.717) is 64.0 Å². The summed E-state index contributed by atoms with van der Waals surface area (Å²) >= 11 is 13.8. The second-order valence-corrected chi connectivity index (χ2v) is 14.8. The zero-order valence-electron chi connectivity index (χ0n) is 30.1. The van der Waals surface area contributed by atoms with Gasteiger partial charge in [0.2, 0.25) is 0 Å². The molecule has 2 fully saturated rings. The molecule has 8 nitrogen and oxygen atoms in total. The highest BCUT2D eigenvalue weighted by atomic mass is 35.5. The maximum Gasteiger partial charge on any atom is 0.320 e. The third kappa shape index (κ3) is 9.34. The van der Waals surface area contributed by atoms with Crippen molar-refractivity contribution in [3.05, 3.63) is 116 Å². The van der Waals surface area contributed by atoms with E-state index >= 15 is 0 Å². The standard InChI is InChI=1S/C42H44Cl2F2N2O6/c1-26-20-27(22-47-18-4-2-12-34(47)41(49)50)14-16-36(26)53-24-29-8-6-10-31(38(29)43)32-11-7-9-30(39(32)44)25-54-37-17-15-28(21-33(37)40(45)46)23-48-19-5-3-13-35(48)42(51)52/h6-11,14-17,20-21,34-35,40H,2-5,12-13,18-19,22-25H2,1H3,(H,49,50)(H,51,52)/t34-,35-/m0/s1. The summed E-state index contributed by atoms with van der Waals surface area (Å²) in [6.45, 7) is 4.27. The first-order valence-corrected chi connectivity index (χ1v) is 19.0. The van der Waals surface area contributed by atoms with E-state index in [0.717, 1.165) is 48.9 Å². The number of benzene rings is 4. The third-order valence-corrected chi connectivity index (χ3v) is 11.2. The molecule has 0 aliphatic carbocycles. The fraction of sp³-hybridized carbons (Fsp3) is 0.381. The van der Waals surface area contributed by atoms with Gasteiger partial charge in [0, 0.05) is 35.3 Å². The lowest BCUT2D eigenvalue weighted by Gasteiger charge is -2.33. The molecule has 2 saturated heterocycles. The SMILES string of the molecule is Cc1cc(CN2CCCC[C@H]2C(=O)O)ccc1OCc1cccc(-c2cccc(COc3ccc(CN4CCCC[C@H]4C(=O)O)cc3C(F)F)c2Cl)c1Cl. The lowest BCUT2D eigenvalue weighted by atomic mass is 10.0. The first-order chi connectivity index (χ1) is 26.0. The van der Waals surface area contributed by atoms with Crippen LogP contribution in [0.1, 0.15) is 78.3 Å². The molecule has 0 spiro atoms. The van der Waals surface area contributed by atoms with Crippen LogP contribution in [0.25, 0.3) is 11.1 Å². The number of carbonyl (C=O) groups is 2. The number of ether oxygens (including phenoxy) is 2. The average Bonchev–Trinajstić information content (AvgIpc) is 3.15. The largest absolute Gasteiger partial charge is 0.489 e. The van der Waals surface area contributed by atoms with Crippen molar-refractivity contribution in [3.63, 3.8) is 0 Å². The third-order valence-electron chi connectivity index (χ3n) is 10.3. The molecule has 2 aliphatic rings. The molecular formula is C42H44Cl2F2N2O6. The molecule has 4 aromatic carbocycles. The van der Waals surface area contributed by atoms with E-state index in [1.807, 2.05) is 65.3 Å². The minimum atomic E-state index is -2.80. The number of likely N-dealkylation sites (tertiary alicyclic amines) is 2. The van der Waals surface area contributed by atoms with Gasteiger partial charge in [-0.2, -0.15) is 0 Å². The van der Waals surface area contributed by atoms with Gasteiger partial charge in [-0.1, -0.05) is 90.6 Å². The Balaban J connectivity index is 1.12. The molecule has 2 atom stereocenters. The lowest BCUT2D eigenvalue weighted by molar-refractivity contribution is -0.145. The van der Waals surface area contributed by atoms with Crippen LogP contribution in [0, 0.1) is 6.92 Å². The van der Waals surface area contributed by atoms with Crippen LogP contribution in [0.15, 0.2) is 72.8 Å². The topological polar surface area (TPSA) is 99.5 Å². The Kier molecular flexibility index (Phi) is 13.1. The highest BCUT2D eigenvalue weighted by Crippen LogP contribution is 2.38. The Morgan fingerprint density at radius 2 is 1.20 bits per heavy atom. The summed E-state index contributed by atoms with van der Waals surface area (Å²) in [4.78, 5) is 27.3. The summed E-state index contributed by atoms with van der Waals surface area (Å²) in [6.07, 6.45) is 2.01. The highest BCUT2D eigenvalue weighted by Gasteiger charge is 2.30. The summed E-state index contributed by atoms with van der Waals surface area (Å²) in [5.74, 6) is -0.956. The molecule has 0 amide bonds. The Morgan fingerprint density at radius 3 is 1.69 bits per heavy atom. The zero-order valence-corrected chi connectivity index (χ0v) is 31.6. The van der Waals surface area contributed by atoms with Crippen LogP contribution >= 0.6 is 23.2 Å². The van der Waals surface area contributed by atoms with Crippen LogP contribution in [0.4, 0.5) is 8.78 Å². The summed E-state index contributed by atoms with van der Waals surface area (Å²) in [5, 5.41) is 20.1. The Morgan fingerprint density at radius 1 is 0.722 bits per heavy atom. The molecule has 286 valence electrons. The van der Waals surface area contributed by atoms with Crippen molar-refractivity contribution in [2.45, 2.75) is 90.3 Å². The average molecular weight is 782 g/mol. The highest BCUT2D eigenvalue weighted by molar-refractivity contribution is 6.37. The normalized spacial score (nSPS) is 18.1. The van der Waals surface area contributed by atoms with Crippen molar-refractivity contribution in [1.82, 2.24) is 9.80 Å². The van der Waals surface area contributed by atoms with Gasteiger partial charge in [-0.3, -0.25) is 19.4 Å². The number of hydrogen-bond donors (Lipinski definition) is 2. The lowest BCUT2D eigenvalue weighted by Crippen LogP contribution is -2.44. The van der Waals surface area contributed by atoms with Gasteiger partial charge in [-0.25, -0.2) is 8.78 Å². The minimum absolute atomic E-state index is 0.0279. The second kappa shape index (κ2) is 17.9. The predicted octanol–water partition coefficient (Wildman–Crippen LogP) is 9.94. The molecule has 0 bridgehead atoms. The van der Waals surface area contributed by atoms with Crippen LogP contribution in [0.2, 0.25) is 10.0 Å². The number of piperidine rings is 2. The maximum absolute atomic E-state index is 14.2. The molecule has 0 aromatic heterocycles. The number of carboxylic acids is 2. The van der Waals surface area contributed by atoms with Gasteiger partial charge in [0.05, 0.1) is 15.6 Å². The number of halogens is 4. The van der Waals surface area contributed by atoms with E-state index in [4.69, 9.17) is 32.7 Å². The van der Waals surface area contributed by atoms with Crippen LogP contribution < -0.4 is 9.47 Å². The van der Waals surface area contributed by atoms with Gasteiger partial charge in [-0.05, 0) is 80.6 Å². The molecule has 2 N–H and O–H groups in total. The minimum Gasteiger partial charge on any atom is -0.489 e. The van der Waals surface area contributed by atoms with Gasteiger partial charge >= 0.3 is 11.9 Å². The van der Waals surface area contributed by atoms with Crippen LogP contribution in [0.3, 0.4) is 0 Å². The molecule has 0 unspecified atom stereocenters.